The van der Waals surface area contributed by atoms with Crippen LogP contribution in [-0.2, 0) is 3.74 Å². The van der Waals surface area contributed by atoms with Crippen molar-refractivity contribution in [3.05, 3.63) is 72.9 Å². The van der Waals surface area contributed by atoms with Gasteiger partial charge in [0.25, 0.3) is 0 Å². The van der Waals surface area contributed by atoms with E-state index in [1.54, 1.807) is 0 Å². The molecule has 0 saturated heterocycles. The molecule has 0 aromatic carbocycles. The Balaban J connectivity index is 3.58. The molecule has 0 saturated carbocycles. The van der Waals surface area contributed by atoms with E-state index in [1.165, 1.54) is 12.8 Å². The fourth-order valence-corrected chi connectivity index (χ4v) is 3.35. The summed E-state index contributed by atoms with van der Waals surface area (Å²) < 4.78 is 11.6. The van der Waals surface area contributed by atoms with Crippen molar-refractivity contribution < 1.29 is 3.74 Å². The molecule has 0 radical (unpaired) electrons. The Labute approximate surface area is 158 Å². The first-order valence-electron chi connectivity index (χ1n) is 9.50. The van der Waals surface area contributed by atoms with Crippen LogP contribution in [0.3, 0.4) is 0 Å². The van der Waals surface area contributed by atoms with Gasteiger partial charge in [0.1, 0.15) is 0 Å². The molecule has 0 atom stereocenters. The van der Waals surface area contributed by atoms with Crippen molar-refractivity contribution in [3.8, 4) is 0 Å². The summed E-state index contributed by atoms with van der Waals surface area (Å²) in [5.74, 6) is 0. The van der Waals surface area contributed by atoms with E-state index >= 15 is 0 Å². The van der Waals surface area contributed by atoms with E-state index in [-0.39, 0.29) is 0 Å². The molecule has 140 valence electrons. The Morgan fingerprint density at radius 1 is 0.560 bits per heavy atom. The minimum atomic E-state index is -2.47. The van der Waals surface area contributed by atoms with Crippen molar-refractivity contribution >= 4 is 13.5 Å². The van der Waals surface area contributed by atoms with Gasteiger partial charge in [-0.2, -0.15) is 0 Å². The number of hydrogen-bond acceptors (Lipinski definition) is 1. The van der Waals surface area contributed by atoms with Crippen LogP contribution in [-0.4, -0.2) is 13.5 Å². The van der Waals surface area contributed by atoms with E-state index in [4.69, 9.17) is 0 Å². The predicted molar refractivity (Wildman–Crippen MR) is 116 cm³/mol. The number of hydrogen-bond donors (Lipinski definition) is 0. The van der Waals surface area contributed by atoms with E-state index < -0.39 is 13.5 Å². The number of allylic oxidation sites excluding steroid dienone is 12. The van der Waals surface area contributed by atoms with E-state index in [1.807, 2.05) is 11.4 Å². The molecule has 0 fully saturated rings. The van der Waals surface area contributed by atoms with Crippen molar-refractivity contribution in [2.75, 3.05) is 0 Å². The monoisotopic (exact) mass is 404 g/mol. The number of unbranched alkanes of at least 4 members (excludes halogenated alkanes) is 1. The summed E-state index contributed by atoms with van der Waals surface area (Å²) in [5, 5.41) is 0.767. The first kappa shape index (κ1) is 23.8. The van der Waals surface area contributed by atoms with Gasteiger partial charge in [-0.1, -0.05) is 37.6 Å². The fraction of sp³-hybridized carbons (Fsp3) is 0.478. The molecule has 0 aromatic rings. The molecule has 0 aliphatic rings. The molecule has 0 aliphatic carbocycles. The van der Waals surface area contributed by atoms with Gasteiger partial charge in [-0.25, -0.2) is 0 Å². The van der Waals surface area contributed by atoms with Gasteiger partial charge in [0.2, 0.25) is 0 Å². The first-order chi connectivity index (χ1) is 12.1. The quantitative estimate of drug-likeness (QED) is 0.214. The molecule has 0 rings (SSSR count). The summed E-state index contributed by atoms with van der Waals surface area (Å²) in [6.45, 7) is 2.20. The maximum atomic E-state index is 11.6. The van der Waals surface area contributed by atoms with Crippen molar-refractivity contribution in [3.63, 3.8) is 0 Å². The van der Waals surface area contributed by atoms with Crippen molar-refractivity contribution in [2.24, 2.45) is 0 Å². The molecule has 0 N–H and O–H groups in total. The van der Waals surface area contributed by atoms with E-state index in [9.17, 15) is 3.74 Å². The normalized spacial score (nSPS) is 13.9. The van der Waals surface area contributed by atoms with Crippen LogP contribution in [0, 0.1) is 0 Å². The number of rotatable bonds is 14. The third-order valence-electron chi connectivity index (χ3n) is 3.36. The standard InChI is InChI=1S/C23H37AsO/c1-4-5-6-7-8-9-10-11-12-13-14-15-16-17-18-19-20-21-22-23-24(2,3)25/h6-7,9-10,12-13,15-16,18-19,21-22H,4-5,8,11,14,17,20,23H2,1-3H3/b7-6-,10-9-,13-12-,16-15-,19-18-,22-21-. The second-order valence-corrected chi connectivity index (χ2v) is 13.9. The first-order valence-corrected chi connectivity index (χ1v) is 15.3. The summed E-state index contributed by atoms with van der Waals surface area (Å²) in [6, 6.07) is 0. The minimum absolute atomic E-state index is 0.767. The molecule has 25 heavy (non-hydrogen) atoms. The SMILES string of the molecule is CCC/C=C\C/C=C\C/C=C\C/C=C\C/C=C\C/C=C\C[As](C)(C)=O. The van der Waals surface area contributed by atoms with Crippen molar-refractivity contribution in [1.29, 1.82) is 0 Å². The van der Waals surface area contributed by atoms with E-state index in [0.717, 1.165) is 37.3 Å². The Morgan fingerprint density at radius 2 is 0.880 bits per heavy atom. The van der Waals surface area contributed by atoms with Crippen LogP contribution >= 0.6 is 0 Å². The zero-order chi connectivity index (χ0) is 18.6. The third kappa shape index (κ3) is 22.8. The molecule has 0 aromatic heterocycles. The van der Waals surface area contributed by atoms with Gasteiger partial charge in [0.05, 0.1) is 0 Å². The summed E-state index contributed by atoms with van der Waals surface area (Å²) >= 11 is -2.47. The molecule has 0 aliphatic heterocycles. The van der Waals surface area contributed by atoms with Gasteiger partial charge < -0.3 is 0 Å². The van der Waals surface area contributed by atoms with E-state index in [0.29, 0.717) is 0 Å². The van der Waals surface area contributed by atoms with Crippen LogP contribution < -0.4 is 0 Å². The molecule has 0 spiro atoms. The van der Waals surface area contributed by atoms with Crippen molar-refractivity contribution in [2.45, 2.75) is 68.5 Å². The van der Waals surface area contributed by atoms with Gasteiger partial charge in [-0.05, 0) is 19.3 Å². The molecule has 0 bridgehead atoms. The molecular weight excluding hydrogens is 367 g/mol. The average molecular weight is 404 g/mol. The zero-order valence-corrected chi connectivity index (χ0v) is 18.3. The Kier molecular flexibility index (Phi) is 16.8. The predicted octanol–water partition coefficient (Wildman–Crippen LogP) is 7.71. The topological polar surface area (TPSA) is 17.1 Å². The average Bonchev–Trinajstić information content (AvgIpc) is 2.56. The van der Waals surface area contributed by atoms with Crippen LogP contribution in [0.25, 0.3) is 0 Å². The van der Waals surface area contributed by atoms with Crippen LogP contribution in [0.5, 0.6) is 0 Å². The molecular formula is C23H37AsO. The van der Waals surface area contributed by atoms with Crippen molar-refractivity contribution in [1.82, 2.24) is 0 Å². The molecule has 0 heterocycles. The summed E-state index contributed by atoms with van der Waals surface area (Å²) in [5.41, 5.74) is 3.78. The van der Waals surface area contributed by atoms with Gasteiger partial charge in [-0.15, -0.1) is 0 Å². The van der Waals surface area contributed by atoms with Crippen LogP contribution in [0.2, 0.25) is 16.6 Å². The summed E-state index contributed by atoms with van der Waals surface area (Å²) in [4.78, 5) is 0. The molecule has 1 nitrogen and oxygen atoms in total. The van der Waals surface area contributed by atoms with Gasteiger partial charge in [0.15, 0.2) is 0 Å². The Hall–Kier alpha value is -1.20. The molecule has 2 heteroatoms. The summed E-state index contributed by atoms with van der Waals surface area (Å²) in [6.07, 6.45) is 33.7. The Bertz CT molecular complexity index is 512. The van der Waals surface area contributed by atoms with Gasteiger partial charge >= 0.3 is 102 Å². The Morgan fingerprint density at radius 3 is 1.20 bits per heavy atom. The van der Waals surface area contributed by atoms with Crippen LogP contribution in [0.1, 0.15) is 51.9 Å². The summed E-state index contributed by atoms with van der Waals surface area (Å²) in [7, 11) is 0. The zero-order valence-electron chi connectivity index (χ0n) is 16.4. The van der Waals surface area contributed by atoms with E-state index in [2.05, 4.69) is 79.8 Å². The molecule has 0 unspecified atom stereocenters. The second-order valence-electron chi connectivity index (χ2n) is 6.55. The fourth-order valence-electron chi connectivity index (χ4n) is 1.97. The van der Waals surface area contributed by atoms with Crippen LogP contribution in [0.15, 0.2) is 72.9 Å². The van der Waals surface area contributed by atoms with Crippen LogP contribution in [0.4, 0.5) is 0 Å². The second kappa shape index (κ2) is 17.6. The molecule has 0 amide bonds. The third-order valence-corrected chi connectivity index (χ3v) is 5.65. The van der Waals surface area contributed by atoms with Gasteiger partial charge in [-0.3, -0.25) is 0 Å². The van der Waals surface area contributed by atoms with Gasteiger partial charge in [0, 0.05) is 0 Å². The maximum absolute atomic E-state index is 11.6.